The van der Waals surface area contributed by atoms with Crippen molar-refractivity contribution < 1.29 is 19.4 Å². The van der Waals surface area contributed by atoms with Crippen molar-refractivity contribution in [3.05, 3.63) is 60.2 Å². The fourth-order valence-corrected chi connectivity index (χ4v) is 2.67. The van der Waals surface area contributed by atoms with Crippen LogP contribution >= 0.6 is 0 Å². The van der Waals surface area contributed by atoms with Crippen LogP contribution in [0, 0.1) is 0 Å². The molecule has 0 unspecified atom stereocenters. The predicted molar refractivity (Wildman–Crippen MR) is 106 cm³/mol. The van der Waals surface area contributed by atoms with Crippen molar-refractivity contribution in [3.63, 3.8) is 0 Å². The minimum atomic E-state index is -0.378. The number of nitrogens with one attached hydrogen (secondary N) is 1. The van der Waals surface area contributed by atoms with Crippen LogP contribution in [0.4, 0.5) is 5.69 Å². The number of rotatable bonds is 12. The average molecular weight is 369 g/mol. The van der Waals surface area contributed by atoms with Crippen LogP contribution in [0.5, 0.6) is 5.75 Å². The molecule has 0 fully saturated rings. The molecule has 0 aliphatic carbocycles. The molecule has 1 amide bonds. The minimum Gasteiger partial charge on any atom is -0.489 e. The number of amides is 1. The number of Topliss-reactive ketones (excluding diaryl/α,β-unsaturated/α-hetero) is 1. The summed E-state index contributed by atoms with van der Waals surface area (Å²) in [6, 6.07) is 17.3. The first kappa shape index (κ1) is 20.6. The molecule has 0 spiro atoms. The van der Waals surface area contributed by atoms with Gasteiger partial charge in [-0.1, -0.05) is 49.2 Å². The Bertz CT molecular complexity index is 715. The van der Waals surface area contributed by atoms with E-state index in [4.69, 9.17) is 9.84 Å². The molecule has 0 saturated heterocycles. The molecule has 2 aromatic carbocycles. The number of unbranched alkanes of at least 4 members (excludes halogenated alkanes) is 3. The lowest BCUT2D eigenvalue weighted by molar-refractivity contribution is -0.122. The monoisotopic (exact) mass is 369 g/mol. The summed E-state index contributed by atoms with van der Waals surface area (Å²) in [5.74, 6) is 0.564. The van der Waals surface area contributed by atoms with Crippen molar-refractivity contribution in [1.82, 2.24) is 0 Å². The Morgan fingerprint density at radius 2 is 1.63 bits per heavy atom. The van der Waals surface area contributed by atoms with Gasteiger partial charge in [-0.15, -0.1) is 0 Å². The molecule has 0 atom stereocenters. The summed E-state index contributed by atoms with van der Waals surface area (Å²) in [6.45, 7) is 0.105. The van der Waals surface area contributed by atoms with Crippen LogP contribution in [-0.2, 0) is 16.2 Å². The molecular weight excluding hydrogens is 342 g/mol. The van der Waals surface area contributed by atoms with Gasteiger partial charge in [0, 0.05) is 24.6 Å². The molecule has 2 N–H and O–H groups in total. The van der Waals surface area contributed by atoms with Gasteiger partial charge >= 0.3 is 0 Å². The first-order valence-electron chi connectivity index (χ1n) is 9.36. The third-order valence-corrected chi connectivity index (χ3v) is 4.15. The molecule has 144 valence electrons. The minimum absolute atomic E-state index is 0.0263. The normalized spacial score (nSPS) is 10.4. The van der Waals surface area contributed by atoms with Crippen LogP contribution in [0.2, 0.25) is 0 Å². The Labute approximate surface area is 160 Å². The highest BCUT2D eigenvalue weighted by Crippen LogP contribution is 2.19. The number of hydrogen-bond donors (Lipinski definition) is 2. The molecule has 0 saturated carbocycles. The highest BCUT2D eigenvalue weighted by Gasteiger charge is 2.05. The van der Waals surface area contributed by atoms with Crippen LogP contribution in [-0.4, -0.2) is 23.4 Å². The van der Waals surface area contributed by atoms with Gasteiger partial charge in [0.05, 0.1) is 0 Å². The Hall–Kier alpha value is -2.66. The van der Waals surface area contributed by atoms with Crippen LogP contribution in [0.3, 0.4) is 0 Å². The lowest BCUT2D eigenvalue weighted by atomic mass is 10.1. The van der Waals surface area contributed by atoms with Crippen molar-refractivity contribution in [3.8, 4) is 5.75 Å². The van der Waals surface area contributed by atoms with E-state index in [1.54, 1.807) is 0 Å². The molecule has 2 rings (SSSR count). The van der Waals surface area contributed by atoms with E-state index in [1.165, 1.54) is 0 Å². The summed E-state index contributed by atoms with van der Waals surface area (Å²) in [5.41, 5.74) is 1.81. The third-order valence-electron chi connectivity index (χ3n) is 4.15. The lowest BCUT2D eigenvalue weighted by Gasteiger charge is -2.09. The first-order chi connectivity index (χ1) is 13.2. The number of carbonyl (C=O) groups is 2. The van der Waals surface area contributed by atoms with E-state index in [9.17, 15) is 9.59 Å². The van der Waals surface area contributed by atoms with Crippen LogP contribution in [0.15, 0.2) is 54.6 Å². The van der Waals surface area contributed by atoms with Crippen molar-refractivity contribution in [2.45, 2.75) is 45.1 Å². The second-order valence-corrected chi connectivity index (χ2v) is 6.46. The third kappa shape index (κ3) is 8.51. The van der Waals surface area contributed by atoms with Crippen molar-refractivity contribution >= 4 is 17.4 Å². The SMILES string of the molecule is O=C(CO)CCCCCCC(=O)Nc1cccc(OCc2ccccc2)c1. The highest BCUT2D eigenvalue weighted by molar-refractivity contribution is 5.90. The number of ketones is 1. The van der Waals surface area contributed by atoms with Gasteiger partial charge < -0.3 is 15.2 Å². The van der Waals surface area contributed by atoms with E-state index in [0.717, 1.165) is 36.9 Å². The topological polar surface area (TPSA) is 75.6 Å². The molecular formula is C22H27NO4. The first-order valence-corrected chi connectivity index (χ1v) is 9.36. The summed E-state index contributed by atoms with van der Waals surface area (Å²) in [5, 5.41) is 11.5. The smallest absolute Gasteiger partial charge is 0.224 e. The zero-order chi connectivity index (χ0) is 19.3. The molecule has 0 aromatic heterocycles. The summed E-state index contributed by atoms with van der Waals surface area (Å²) >= 11 is 0. The second kappa shape index (κ2) is 11.9. The molecule has 5 heteroatoms. The number of benzene rings is 2. The van der Waals surface area contributed by atoms with E-state index in [2.05, 4.69) is 5.32 Å². The number of aliphatic hydroxyl groups excluding tert-OH is 1. The summed E-state index contributed by atoms with van der Waals surface area (Å²) < 4.78 is 5.77. The fraction of sp³-hybridized carbons (Fsp3) is 0.364. The van der Waals surface area contributed by atoms with Gasteiger partial charge in [0.1, 0.15) is 19.0 Å². The van der Waals surface area contributed by atoms with E-state index < -0.39 is 0 Å². The summed E-state index contributed by atoms with van der Waals surface area (Å²) in [7, 11) is 0. The zero-order valence-electron chi connectivity index (χ0n) is 15.5. The zero-order valence-corrected chi connectivity index (χ0v) is 15.5. The molecule has 0 bridgehead atoms. The molecule has 0 heterocycles. The molecule has 0 aliphatic rings. The Balaban J connectivity index is 1.67. The quantitative estimate of drug-likeness (QED) is 0.552. The maximum absolute atomic E-state index is 12.1. The van der Waals surface area contributed by atoms with Gasteiger partial charge in [-0.2, -0.15) is 0 Å². The van der Waals surface area contributed by atoms with Crippen molar-refractivity contribution in [1.29, 1.82) is 0 Å². The Morgan fingerprint density at radius 3 is 2.37 bits per heavy atom. The highest BCUT2D eigenvalue weighted by atomic mass is 16.5. The van der Waals surface area contributed by atoms with Gasteiger partial charge in [-0.05, 0) is 30.5 Å². The second-order valence-electron chi connectivity index (χ2n) is 6.46. The van der Waals surface area contributed by atoms with Gasteiger partial charge in [0.15, 0.2) is 5.78 Å². The maximum Gasteiger partial charge on any atom is 0.224 e. The molecule has 0 radical (unpaired) electrons. The average Bonchev–Trinajstić information content (AvgIpc) is 2.70. The lowest BCUT2D eigenvalue weighted by Crippen LogP contribution is -2.11. The van der Waals surface area contributed by atoms with Crippen LogP contribution in [0.25, 0.3) is 0 Å². The Kier molecular flexibility index (Phi) is 9.07. The number of ether oxygens (including phenoxy) is 1. The molecule has 0 aliphatic heterocycles. The molecule has 2 aromatic rings. The van der Waals surface area contributed by atoms with Crippen LogP contribution in [0.1, 0.15) is 44.1 Å². The predicted octanol–water partition coefficient (Wildman–Crippen LogP) is 4.11. The largest absolute Gasteiger partial charge is 0.489 e. The van der Waals surface area contributed by atoms with Crippen molar-refractivity contribution in [2.75, 3.05) is 11.9 Å². The van der Waals surface area contributed by atoms with E-state index in [-0.39, 0.29) is 18.3 Å². The molecule has 5 nitrogen and oxygen atoms in total. The maximum atomic E-state index is 12.1. The van der Waals surface area contributed by atoms with Gasteiger partial charge in [0.2, 0.25) is 5.91 Å². The summed E-state index contributed by atoms with van der Waals surface area (Å²) in [4.78, 5) is 23.0. The van der Waals surface area contributed by atoms with E-state index in [1.807, 2.05) is 54.6 Å². The van der Waals surface area contributed by atoms with E-state index >= 15 is 0 Å². The number of aliphatic hydroxyl groups is 1. The standard InChI is InChI=1S/C22H27NO4/c24-16-20(25)12-6-1-2-7-14-22(26)23-19-11-8-13-21(15-19)27-17-18-9-4-3-5-10-18/h3-5,8-11,13,15,24H,1-2,6-7,12,14,16-17H2,(H,23,26). The van der Waals surface area contributed by atoms with Gasteiger partial charge in [0.25, 0.3) is 0 Å². The molecule has 27 heavy (non-hydrogen) atoms. The van der Waals surface area contributed by atoms with Crippen molar-refractivity contribution in [2.24, 2.45) is 0 Å². The fourth-order valence-electron chi connectivity index (χ4n) is 2.67. The Morgan fingerprint density at radius 1 is 0.889 bits per heavy atom. The van der Waals surface area contributed by atoms with E-state index in [0.29, 0.717) is 25.2 Å². The number of hydrogen-bond acceptors (Lipinski definition) is 4. The van der Waals surface area contributed by atoms with Gasteiger partial charge in [-0.3, -0.25) is 9.59 Å². The number of carbonyl (C=O) groups excluding carboxylic acids is 2. The summed E-state index contributed by atoms with van der Waals surface area (Å²) in [6.07, 6.45) is 4.20. The van der Waals surface area contributed by atoms with Crippen LogP contribution < -0.4 is 10.1 Å². The number of anilines is 1. The van der Waals surface area contributed by atoms with Gasteiger partial charge in [-0.25, -0.2) is 0 Å².